The molecule has 0 spiro atoms. The average molecular weight is 250 g/mol. The van der Waals surface area contributed by atoms with Gasteiger partial charge < -0.3 is 10.6 Å². The SMILES string of the molecule is N#CCCNC(=O)C1CCCN1C1CCNCC1. The summed E-state index contributed by atoms with van der Waals surface area (Å²) in [7, 11) is 0. The number of nitrogens with zero attached hydrogens (tertiary/aromatic N) is 2. The molecule has 2 heterocycles. The van der Waals surface area contributed by atoms with Crippen molar-refractivity contribution in [2.45, 2.75) is 44.2 Å². The molecule has 0 aromatic rings. The molecule has 2 rings (SSSR count). The lowest BCUT2D eigenvalue weighted by Crippen LogP contribution is -2.50. The van der Waals surface area contributed by atoms with Gasteiger partial charge >= 0.3 is 0 Å². The van der Waals surface area contributed by atoms with E-state index in [4.69, 9.17) is 5.26 Å². The summed E-state index contributed by atoms with van der Waals surface area (Å²) in [6.45, 7) is 3.64. The summed E-state index contributed by atoms with van der Waals surface area (Å²) in [4.78, 5) is 14.5. The van der Waals surface area contributed by atoms with E-state index in [1.807, 2.05) is 0 Å². The zero-order valence-electron chi connectivity index (χ0n) is 10.8. The molecule has 18 heavy (non-hydrogen) atoms. The number of nitriles is 1. The van der Waals surface area contributed by atoms with Crippen LogP contribution in [0.4, 0.5) is 0 Å². The Hall–Kier alpha value is -1.12. The van der Waals surface area contributed by atoms with Crippen LogP contribution in [0.15, 0.2) is 0 Å². The predicted octanol–water partition coefficient (Wildman–Crippen LogP) is 0.233. The Kier molecular flexibility index (Phi) is 4.97. The number of likely N-dealkylation sites (tertiary alicyclic amines) is 1. The van der Waals surface area contributed by atoms with Crippen molar-refractivity contribution in [3.05, 3.63) is 0 Å². The highest BCUT2D eigenvalue weighted by Gasteiger charge is 2.35. The molecular weight excluding hydrogens is 228 g/mol. The molecule has 1 atom stereocenters. The summed E-state index contributed by atoms with van der Waals surface area (Å²) in [5.41, 5.74) is 0. The maximum absolute atomic E-state index is 12.1. The highest BCUT2D eigenvalue weighted by Crippen LogP contribution is 2.24. The van der Waals surface area contributed by atoms with E-state index in [0.29, 0.717) is 19.0 Å². The summed E-state index contributed by atoms with van der Waals surface area (Å²) < 4.78 is 0. The Morgan fingerprint density at radius 1 is 1.39 bits per heavy atom. The minimum Gasteiger partial charge on any atom is -0.354 e. The van der Waals surface area contributed by atoms with Gasteiger partial charge in [-0.3, -0.25) is 9.69 Å². The number of nitrogens with one attached hydrogen (secondary N) is 2. The standard InChI is InChI=1S/C13H22N4O/c14-6-2-7-16-13(18)12-3-1-10-17(12)11-4-8-15-9-5-11/h11-12,15H,1-5,7-10H2,(H,16,18). The summed E-state index contributed by atoms with van der Waals surface area (Å²) in [5.74, 6) is 0.112. The van der Waals surface area contributed by atoms with E-state index >= 15 is 0 Å². The third kappa shape index (κ3) is 3.21. The van der Waals surface area contributed by atoms with Crippen LogP contribution in [0.3, 0.4) is 0 Å². The number of amides is 1. The van der Waals surface area contributed by atoms with Crippen molar-refractivity contribution < 1.29 is 4.79 Å². The van der Waals surface area contributed by atoms with Crippen LogP contribution < -0.4 is 10.6 Å². The van der Waals surface area contributed by atoms with Crippen LogP contribution in [0.1, 0.15) is 32.1 Å². The molecule has 2 aliphatic rings. The number of carbonyl (C=O) groups excluding carboxylic acids is 1. The quantitative estimate of drug-likeness (QED) is 0.701. The maximum atomic E-state index is 12.1. The lowest BCUT2D eigenvalue weighted by molar-refractivity contribution is -0.126. The fourth-order valence-electron chi connectivity index (χ4n) is 3.01. The van der Waals surface area contributed by atoms with Gasteiger partial charge in [0.25, 0.3) is 0 Å². The number of piperidine rings is 1. The molecule has 2 saturated heterocycles. The van der Waals surface area contributed by atoms with Gasteiger partial charge in [0.05, 0.1) is 18.5 Å². The van der Waals surface area contributed by atoms with Crippen LogP contribution in [0, 0.1) is 11.3 Å². The molecule has 5 nitrogen and oxygen atoms in total. The number of hydrogen-bond acceptors (Lipinski definition) is 4. The summed E-state index contributed by atoms with van der Waals surface area (Å²) in [6, 6.07) is 2.64. The second-order valence-corrected chi connectivity index (χ2v) is 5.08. The molecule has 0 aliphatic carbocycles. The summed E-state index contributed by atoms with van der Waals surface area (Å²) in [6.07, 6.45) is 4.75. The molecule has 100 valence electrons. The first-order chi connectivity index (χ1) is 8.83. The van der Waals surface area contributed by atoms with Gasteiger partial charge in [-0.1, -0.05) is 0 Å². The molecule has 2 N–H and O–H groups in total. The maximum Gasteiger partial charge on any atom is 0.237 e. The molecule has 5 heteroatoms. The predicted molar refractivity (Wildman–Crippen MR) is 68.9 cm³/mol. The van der Waals surface area contributed by atoms with Crippen molar-refractivity contribution in [2.75, 3.05) is 26.2 Å². The van der Waals surface area contributed by atoms with Gasteiger partial charge in [-0.05, 0) is 45.3 Å². The highest BCUT2D eigenvalue weighted by atomic mass is 16.2. The highest BCUT2D eigenvalue weighted by molar-refractivity contribution is 5.82. The molecule has 0 radical (unpaired) electrons. The topological polar surface area (TPSA) is 68.2 Å². The third-order valence-electron chi connectivity index (χ3n) is 3.91. The first-order valence-electron chi connectivity index (χ1n) is 6.94. The van der Waals surface area contributed by atoms with Crippen molar-refractivity contribution in [1.82, 2.24) is 15.5 Å². The Bertz CT molecular complexity index is 319. The fourth-order valence-corrected chi connectivity index (χ4v) is 3.01. The lowest BCUT2D eigenvalue weighted by atomic mass is 10.0. The first kappa shape index (κ1) is 13.3. The van der Waals surface area contributed by atoms with Gasteiger partial charge in [0.1, 0.15) is 0 Å². The number of rotatable bonds is 4. The summed E-state index contributed by atoms with van der Waals surface area (Å²) in [5, 5.41) is 14.7. The van der Waals surface area contributed by atoms with E-state index in [2.05, 4.69) is 21.6 Å². The van der Waals surface area contributed by atoms with Gasteiger partial charge in [0.2, 0.25) is 5.91 Å². The Balaban J connectivity index is 1.86. The van der Waals surface area contributed by atoms with Crippen LogP contribution in [-0.2, 0) is 4.79 Å². The van der Waals surface area contributed by atoms with Gasteiger partial charge in [-0.15, -0.1) is 0 Å². The van der Waals surface area contributed by atoms with Gasteiger partial charge in [0, 0.05) is 12.6 Å². The Morgan fingerprint density at radius 3 is 2.89 bits per heavy atom. The number of hydrogen-bond donors (Lipinski definition) is 2. The van der Waals surface area contributed by atoms with Crippen molar-refractivity contribution in [1.29, 1.82) is 5.26 Å². The Morgan fingerprint density at radius 2 is 2.17 bits per heavy atom. The molecule has 1 amide bonds. The van der Waals surface area contributed by atoms with Crippen LogP contribution in [0.25, 0.3) is 0 Å². The van der Waals surface area contributed by atoms with Crippen LogP contribution >= 0.6 is 0 Å². The van der Waals surface area contributed by atoms with E-state index in [-0.39, 0.29) is 11.9 Å². The van der Waals surface area contributed by atoms with Crippen molar-refractivity contribution >= 4 is 5.91 Å². The van der Waals surface area contributed by atoms with Crippen LogP contribution in [-0.4, -0.2) is 49.1 Å². The minimum absolute atomic E-state index is 0.0341. The fraction of sp³-hybridized carbons (Fsp3) is 0.846. The first-order valence-corrected chi connectivity index (χ1v) is 6.94. The second-order valence-electron chi connectivity index (χ2n) is 5.08. The van der Waals surface area contributed by atoms with E-state index in [0.717, 1.165) is 45.3 Å². The Labute approximate surface area is 109 Å². The zero-order chi connectivity index (χ0) is 12.8. The molecule has 1 unspecified atom stereocenters. The average Bonchev–Trinajstić information content (AvgIpc) is 2.89. The minimum atomic E-state index is 0.0341. The molecule has 0 aromatic carbocycles. The van der Waals surface area contributed by atoms with E-state index < -0.39 is 0 Å². The van der Waals surface area contributed by atoms with Crippen molar-refractivity contribution in [3.63, 3.8) is 0 Å². The molecule has 0 aromatic heterocycles. The molecular formula is C13H22N4O. The van der Waals surface area contributed by atoms with Crippen LogP contribution in [0.5, 0.6) is 0 Å². The normalized spacial score (nSPS) is 25.8. The largest absolute Gasteiger partial charge is 0.354 e. The van der Waals surface area contributed by atoms with E-state index in [9.17, 15) is 4.79 Å². The molecule has 2 aliphatic heterocycles. The molecule has 0 saturated carbocycles. The molecule has 0 bridgehead atoms. The van der Waals surface area contributed by atoms with Gasteiger partial charge in [-0.2, -0.15) is 5.26 Å². The van der Waals surface area contributed by atoms with Crippen LogP contribution in [0.2, 0.25) is 0 Å². The molecule has 2 fully saturated rings. The lowest BCUT2D eigenvalue weighted by Gasteiger charge is -2.35. The second kappa shape index (κ2) is 6.72. The zero-order valence-corrected chi connectivity index (χ0v) is 10.8. The van der Waals surface area contributed by atoms with Gasteiger partial charge in [-0.25, -0.2) is 0 Å². The smallest absolute Gasteiger partial charge is 0.237 e. The third-order valence-corrected chi connectivity index (χ3v) is 3.91. The van der Waals surface area contributed by atoms with E-state index in [1.54, 1.807) is 0 Å². The monoisotopic (exact) mass is 250 g/mol. The van der Waals surface area contributed by atoms with Crippen molar-refractivity contribution in [3.8, 4) is 6.07 Å². The van der Waals surface area contributed by atoms with Gasteiger partial charge in [0.15, 0.2) is 0 Å². The van der Waals surface area contributed by atoms with E-state index in [1.165, 1.54) is 0 Å². The summed E-state index contributed by atoms with van der Waals surface area (Å²) >= 11 is 0. The number of carbonyl (C=O) groups is 1. The van der Waals surface area contributed by atoms with Crippen molar-refractivity contribution in [2.24, 2.45) is 0 Å².